The van der Waals surface area contributed by atoms with E-state index in [0.717, 1.165) is 22.3 Å². The Bertz CT molecular complexity index is 1570. The van der Waals surface area contributed by atoms with E-state index in [9.17, 15) is 0 Å². The average Bonchev–Trinajstić information content (AvgIpc) is 3.42. The lowest BCUT2D eigenvalue weighted by molar-refractivity contribution is -0.0452. The van der Waals surface area contributed by atoms with Gasteiger partial charge in [-0.3, -0.25) is 0 Å². The van der Waals surface area contributed by atoms with E-state index >= 15 is 0 Å². The molecule has 2 unspecified atom stereocenters. The second-order valence-electron chi connectivity index (χ2n) is 10.3. The van der Waals surface area contributed by atoms with Crippen LogP contribution in [-0.4, -0.2) is 14.2 Å². The number of hydrogen-bond donors (Lipinski definition) is 0. The number of methoxy groups -OCH3 is 2. The molecular weight excluding hydrogens is 456 g/mol. The van der Waals surface area contributed by atoms with Crippen molar-refractivity contribution >= 4 is 10.8 Å². The lowest BCUT2D eigenvalue weighted by Crippen LogP contribution is -2.44. The molecular formula is C34H26O3. The number of hydrogen-bond acceptors (Lipinski definition) is 3. The molecule has 1 saturated heterocycles. The van der Waals surface area contributed by atoms with Crippen LogP contribution in [0.5, 0.6) is 11.5 Å². The van der Waals surface area contributed by atoms with E-state index in [1.807, 2.05) is 0 Å². The predicted octanol–water partition coefficient (Wildman–Crippen LogP) is 7.27. The predicted molar refractivity (Wildman–Crippen MR) is 145 cm³/mol. The van der Waals surface area contributed by atoms with Crippen molar-refractivity contribution in [3.63, 3.8) is 0 Å². The Morgan fingerprint density at radius 1 is 0.541 bits per heavy atom. The molecule has 5 aromatic rings. The summed E-state index contributed by atoms with van der Waals surface area (Å²) in [6, 6.07) is 39.3. The Labute approximate surface area is 216 Å². The van der Waals surface area contributed by atoms with Crippen LogP contribution in [0.4, 0.5) is 0 Å². The van der Waals surface area contributed by atoms with Gasteiger partial charge in [0.25, 0.3) is 0 Å². The van der Waals surface area contributed by atoms with Crippen molar-refractivity contribution in [3.8, 4) is 11.5 Å². The zero-order valence-electron chi connectivity index (χ0n) is 20.8. The highest BCUT2D eigenvalue weighted by atomic mass is 16.5. The first-order valence-corrected chi connectivity index (χ1v) is 12.8. The van der Waals surface area contributed by atoms with E-state index in [1.165, 1.54) is 33.4 Å². The van der Waals surface area contributed by atoms with E-state index in [0.29, 0.717) is 0 Å². The van der Waals surface area contributed by atoms with Gasteiger partial charge < -0.3 is 14.2 Å². The molecule has 8 rings (SSSR count). The highest BCUT2D eigenvalue weighted by Gasteiger charge is 2.75. The highest BCUT2D eigenvalue weighted by molar-refractivity contribution is 5.90. The Hall–Kier alpha value is -4.08. The normalized spacial score (nSPS) is 26.2. The van der Waals surface area contributed by atoms with Gasteiger partial charge in [0, 0.05) is 11.8 Å². The van der Waals surface area contributed by atoms with E-state index in [4.69, 9.17) is 14.2 Å². The summed E-state index contributed by atoms with van der Waals surface area (Å²) in [4.78, 5) is 0. The number of fused-ring (bicyclic) bond motifs is 12. The molecule has 0 amide bonds. The Morgan fingerprint density at radius 2 is 0.946 bits per heavy atom. The lowest BCUT2D eigenvalue weighted by Gasteiger charge is -2.49. The quantitative estimate of drug-likeness (QED) is 0.270. The molecule has 4 atom stereocenters. The molecule has 0 spiro atoms. The van der Waals surface area contributed by atoms with Gasteiger partial charge in [-0.25, -0.2) is 0 Å². The average molecular weight is 483 g/mol. The van der Waals surface area contributed by atoms with Crippen LogP contribution < -0.4 is 9.47 Å². The van der Waals surface area contributed by atoms with Gasteiger partial charge in [0.05, 0.1) is 14.2 Å². The van der Waals surface area contributed by atoms with Gasteiger partial charge in [0.1, 0.15) is 11.2 Å². The van der Waals surface area contributed by atoms with Gasteiger partial charge in [-0.15, -0.1) is 0 Å². The van der Waals surface area contributed by atoms with Gasteiger partial charge in [-0.05, 0) is 56.3 Å². The van der Waals surface area contributed by atoms with Crippen molar-refractivity contribution < 1.29 is 14.2 Å². The second-order valence-corrected chi connectivity index (χ2v) is 10.3. The van der Waals surface area contributed by atoms with E-state index in [1.54, 1.807) is 14.2 Å². The van der Waals surface area contributed by atoms with Crippen LogP contribution in [0.1, 0.15) is 45.2 Å². The largest absolute Gasteiger partial charge is 0.493 e. The summed E-state index contributed by atoms with van der Waals surface area (Å²) in [5.74, 6) is 1.91. The fourth-order valence-electron chi connectivity index (χ4n) is 7.49. The van der Waals surface area contributed by atoms with Crippen molar-refractivity contribution in [1.29, 1.82) is 0 Å². The minimum atomic E-state index is -0.546. The Morgan fingerprint density at radius 3 is 1.35 bits per heavy atom. The molecule has 5 aromatic carbocycles. The molecule has 0 saturated carbocycles. The van der Waals surface area contributed by atoms with Crippen molar-refractivity contribution in [2.45, 2.75) is 23.0 Å². The third-order valence-corrected chi connectivity index (χ3v) is 8.88. The molecule has 3 nitrogen and oxygen atoms in total. The molecule has 37 heavy (non-hydrogen) atoms. The molecule has 2 aliphatic heterocycles. The Balaban J connectivity index is 1.46. The summed E-state index contributed by atoms with van der Waals surface area (Å²) >= 11 is 0. The molecule has 180 valence electrons. The monoisotopic (exact) mass is 482 g/mol. The minimum Gasteiger partial charge on any atom is -0.493 e. The van der Waals surface area contributed by atoms with Crippen molar-refractivity contribution in [1.82, 2.24) is 0 Å². The fourth-order valence-corrected chi connectivity index (χ4v) is 7.49. The first-order valence-electron chi connectivity index (χ1n) is 12.8. The van der Waals surface area contributed by atoms with Crippen LogP contribution in [0.2, 0.25) is 0 Å². The number of rotatable bonds is 4. The van der Waals surface area contributed by atoms with Crippen LogP contribution in [0.15, 0.2) is 109 Å². The van der Waals surface area contributed by atoms with Crippen molar-refractivity contribution in [2.24, 2.45) is 0 Å². The third kappa shape index (κ3) is 2.41. The van der Waals surface area contributed by atoms with Crippen LogP contribution in [0, 0.1) is 0 Å². The van der Waals surface area contributed by atoms with Gasteiger partial charge in [-0.2, -0.15) is 0 Å². The summed E-state index contributed by atoms with van der Waals surface area (Å²) in [7, 11) is 3.38. The number of benzene rings is 5. The van der Waals surface area contributed by atoms with Crippen LogP contribution >= 0.6 is 0 Å². The molecule has 0 radical (unpaired) electrons. The van der Waals surface area contributed by atoms with Crippen molar-refractivity contribution in [3.05, 3.63) is 143 Å². The Kier molecular flexibility index (Phi) is 4.12. The molecule has 3 heteroatoms. The molecule has 0 N–H and O–H groups in total. The van der Waals surface area contributed by atoms with E-state index in [2.05, 4.69) is 109 Å². The van der Waals surface area contributed by atoms with Crippen molar-refractivity contribution in [2.75, 3.05) is 14.2 Å². The first-order chi connectivity index (χ1) is 18.2. The molecule has 2 heterocycles. The second kappa shape index (κ2) is 7.24. The zero-order valence-corrected chi connectivity index (χ0v) is 20.8. The molecule has 1 fully saturated rings. The van der Waals surface area contributed by atoms with Gasteiger partial charge in [0.15, 0.2) is 11.5 Å². The van der Waals surface area contributed by atoms with Crippen LogP contribution in [0.3, 0.4) is 0 Å². The van der Waals surface area contributed by atoms with Gasteiger partial charge in [-0.1, -0.05) is 97.1 Å². The summed E-state index contributed by atoms with van der Waals surface area (Å²) in [5, 5.41) is 2.31. The topological polar surface area (TPSA) is 27.7 Å². The number of ether oxygens (including phenoxy) is 3. The maximum absolute atomic E-state index is 7.53. The minimum absolute atomic E-state index is 0.206. The standard InChI is InChI=1S/C34H26O3/c1-35-29-19-21-17-25-26(18-22(21)20-30(29)36-2)32-31(25)33(23-11-5-3-6-12-23)27-15-9-10-16-28(27)34(32,37-33)24-13-7-4-8-14-24/h3-20,31-32H,1-2H3/t31?,32?,33-,34+. The first kappa shape index (κ1) is 21.0. The molecule has 0 aromatic heterocycles. The summed E-state index contributed by atoms with van der Waals surface area (Å²) < 4.78 is 18.8. The SMILES string of the molecule is COc1cc2cc3c(cc2cc1OC)C1C3[C@]2(c3ccccc3)O[C@@]1(c1ccccc1)c1ccccc12. The maximum Gasteiger partial charge on any atom is 0.161 e. The summed E-state index contributed by atoms with van der Waals surface area (Å²) in [6.07, 6.45) is 0. The van der Waals surface area contributed by atoms with E-state index < -0.39 is 11.2 Å². The zero-order chi connectivity index (χ0) is 24.8. The van der Waals surface area contributed by atoms with Gasteiger partial charge >= 0.3 is 0 Å². The third-order valence-electron chi connectivity index (χ3n) is 8.88. The highest BCUT2D eigenvalue weighted by Crippen LogP contribution is 2.78. The van der Waals surface area contributed by atoms with E-state index in [-0.39, 0.29) is 11.8 Å². The van der Waals surface area contributed by atoms with Gasteiger partial charge in [0.2, 0.25) is 0 Å². The van der Waals surface area contributed by atoms with Crippen LogP contribution in [0.25, 0.3) is 10.8 Å². The lowest BCUT2D eigenvalue weighted by atomic mass is 9.50. The molecule has 1 aliphatic carbocycles. The molecule has 2 bridgehead atoms. The summed E-state index contributed by atoms with van der Waals surface area (Å²) in [5.41, 5.74) is 6.62. The maximum atomic E-state index is 7.53. The summed E-state index contributed by atoms with van der Waals surface area (Å²) in [6.45, 7) is 0. The smallest absolute Gasteiger partial charge is 0.161 e. The van der Waals surface area contributed by atoms with Crippen LogP contribution in [-0.2, 0) is 15.9 Å². The fraction of sp³-hybridized carbons (Fsp3) is 0.176. The molecule has 3 aliphatic rings.